The number of fused-ring (bicyclic) bond motifs is 1. The number of rotatable bonds is 5. The minimum atomic E-state index is -3.71. The summed E-state index contributed by atoms with van der Waals surface area (Å²) in [5.74, 6) is 1.26. The van der Waals surface area contributed by atoms with Crippen molar-refractivity contribution in [2.75, 3.05) is 6.79 Å². The predicted molar refractivity (Wildman–Crippen MR) is 91.0 cm³/mol. The second-order valence-corrected chi connectivity index (χ2v) is 7.20. The first-order valence-electron chi connectivity index (χ1n) is 7.31. The molecular formula is C17H18N2O4S. The molecule has 0 saturated heterocycles. The molecule has 2 aromatic carbocycles. The minimum absolute atomic E-state index is 0.179. The zero-order valence-electron chi connectivity index (χ0n) is 13.4. The molecule has 0 bridgehead atoms. The summed E-state index contributed by atoms with van der Waals surface area (Å²) in [6, 6.07) is 10.5. The lowest BCUT2D eigenvalue weighted by Gasteiger charge is -2.14. The zero-order chi connectivity index (χ0) is 17.3. The second kappa shape index (κ2) is 6.18. The summed E-state index contributed by atoms with van der Waals surface area (Å²) >= 11 is 0. The number of hydrogen-bond donors (Lipinski definition) is 2. The van der Waals surface area contributed by atoms with Crippen molar-refractivity contribution >= 4 is 15.7 Å². The first kappa shape index (κ1) is 16.4. The molecule has 0 spiro atoms. The lowest BCUT2D eigenvalue weighted by Crippen LogP contribution is -2.36. The molecule has 0 saturated carbocycles. The van der Waals surface area contributed by atoms with E-state index in [1.807, 2.05) is 13.0 Å². The molecule has 0 radical (unpaired) electrons. The maximum atomic E-state index is 12.5. The largest absolute Gasteiger partial charge is 0.454 e. The highest BCUT2D eigenvalue weighted by Crippen LogP contribution is 2.33. The third-order valence-electron chi connectivity index (χ3n) is 3.69. The van der Waals surface area contributed by atoms with Crippen LogP contribution in [0.5, 0.6) is 11.5 Å². The molecule has 6 nitrogen and oxygen atoms in total. The number of hydrazine groups is 1. The highest BCUT2D eigenvalue weighted by atomic mass is 32.2. The average Bonchev–Trinajstić information content (AvgIpc) is 3.02. The van der Waals surface area contributed by atoms with E-state index in [4.69, 9.17) is 9.47 Å². The van der Waals surface area contributed by atoms with Gasteiger partial charge in [0.25, 0.3) is 10.0 Å². The quantitative estimate of drug-likeness (QED) is 0.814. The van der Waals surface area contributed by atoms with E-state index in [2.05, 4.69) is 16.8 Å². The Morgan fingerprint density at radius 1 is 1.08 bits per heavy atom. The van der Waals surface area contributed by atoms with Gasteiger partial charge in [0, 0.05) is 11.3 Å². The van der Waals surface area contributed by atoms with Gasteiger partial charge in [-0.3, -0.25) is 0 Å². The number of aryl methyl sites for hydroxylation is 2. The van der Waals surface area contributed by atoms with Crippen LogP contribution in [0.15, 0.2) is 47.9 Å². The van der Waals surface area contributed by atoms with Gasteiger partial charge in [0.05, 0.1) is 4.90 Å². The Hall–Kier alpha value is -2.51. The van der Waals surface area contributed by atoms with Crippen LogP contribution in [0.4, 0.5) is 0 Å². The Balaban J connectivity index is 1.75. The van der Waals surface area contributed by atoms with Crippen molar-refractivity contribution in [3.63, 3.8) is 0 Å². The number of sulfonamides is 1. The van der Waals surface area contributed by atoms with Gasteiger partial charge in [-0.15, -0.1) is 4.83 Å². The maximum absolute atomic E-state index is 12.5. The summed E-state index contributed by atoms with van der Waals surface area (Å²) in [6.07, 6.45) is 0. The summed E-state index contributed by atoms with van der Waals surface area (Å²) in [6.45, 7) is 7.63. The molecule has 7 heteroatoms. The fourth-order valence-electron chi connectivity index (χ4n) is 2.34. The van der Waals surface area contributed by atoms with Crippen LogP contribution in [-0.4, -0.2) is 15.2 Å². The predicted octanol–water partition coefficient (Wildman–Crippen LogP) is 2.49. The molecule has 0 fully saturated rings. The van der Waals surface area contributed by atoms with Gasteiger partial charge < -0.3 is 14.9 Å². The van der Waals surface area contributed by atoms with E-state index in [9.17, 15) is 8.42 Å². The van der Waals surface area contributed by atoms with Crippen LogP contribution in [0.3, 0.4) is 0 Å². The Bertz CT molecular complexity index is 907. The zero-order valence-corrected chi connectivity index (χ0v) is 14.2. The van der Waals surface area contributed by atoms with Crippen molar-refractivity contribution in [1.82, 2.24) is 10.3 Å². The average molecular weight is 346 g/mol. The molecule has 0 unspecified atom stereocenters. The summed E-state index contributed by atoms with van der Waals surface area (Å²) in [4.78, 5) is 2.59. The normalized spacial score (nSPS) is 12.9. The van der Waals surface area contributed by atoms with Crippen molar-refractivity contribution in [1.29, 1.82) is 0 Å². The molecule has 3 rings (SSSR count). The fraction of sp³-hybridized carbons (Fsp3) is 0.176. The molecule has 1 aliphatic rings. The van der Waals surface area contributed by atoms with Gasteiger partial charge in [-0.25, -0.2) is 8.42 Å². The first-order valence-corrected chi connectivity index (χ1v) is 8.79. The minimum Gasteiger partial charge on any atom is -0.454 e. The van der Waals surface area contributed by atoms with Gasteiger partial charge in [-0.2, -0.15) is 0 Å². The van der Waals surface area contributed by atoms with E-state index in [1.54, 1.807) is 37.3 Å². The van der Waals surface area contributed by atoms with Gasteiger partial charge in [0.2, 0.25) is 6.79 Å². The van der Waals surface area contributed by atoms with E-state index in [1.165, 1.54) is 0 Å². The third kappa shape index (κ3) is 3.22. The van der Waals surface area contributed by atoms with E-state index in [-0.39, 0.29) is 11.7 Å². The topological polar surface area (TPSA) is 76.7 Å². The monoisotopic (exact) mass is 346 g/mol. The van der Waals surface area contributed by atoms with E-state index in [0.717, 1.165) is 5.56 Å². The fourth-order valence-corrected chi connectivity index (χ4v) is 3.54. The third-order valence-corrected chi connectivity index (χ3v) is 5.08. The number of ether oxygens (including phenoxy) is 2. The van der Waals surface area contributed by atoms with Crippen molar-refractivity contribution < 1.29 is 17.9 Å². The second-order valence-electron chi connectivity index (χ2n) is 5.55. The van der Waals surface area contributed by atoms with Crippen LogP contribution >= 0.6 is 0 Å². The molecule has 1 heterocycles. The van der Waals surface area contributed by atoms with Gasteiger partial charge in [-0.1, -0.05) is 18.7 Å². The SMILES string of the molecule is C=C(NNS(=O)(=O)c1cc(C)ccc1C)c1ccc2c(c1)OCO2. The lowest BCUT2D eigenvalue weighted by molar-refractivity contribution is 0.174. The van der Waals surface area contributed by atoms with Crippen molar-refractivity contribution in [3.8, 4) is 11.5 Å². The van der Waals surface area contributed by atoms with Crippen LogP contribution in [-0.2, 0) is 10.0 Å². The highest BCUT2D eigenvalue weighted by Gasteiger charge is 2.18. The van der Waals surface area contributed by atoms with E-state index < -0.39 is 10.0 Å². The molecule has 0 aliphatic carbocycles. The number of hydrogen-bond acceptors (Lipinski definition) is 5. The van der Waals surface area contributed by atoms with Gasteiger partial charge in [0.1, 0.15) is 0 Å². The summed E-state index contributed by atoms with van der Waals surface area (Å²) in [7, 11) is -3.71. The van der Waals surface area contributed by atoms with E-state index >= 15 is 0 Å². The van der Waals surface area contributed by atoms with Crippen molar-refractivity contribution in [3.05, 3.63) is 59.7 Å². The number of nitrogens with one attached hydrogen (secondary N) is 2. The van der Waals surface area contributed by atoms with Crippen LogP contribution in [0, 0.1) is 13.8 Å². The first-order chi connectivity index (χ1) is 11.4. The van der Waals surface area contributed by atoms with Crippen LogP contribution in [0.2, 0.25) is 0 Å². The molecule has 1 aliphatic heterocycles. The Morgan fingerprint density at radius 2 is 1.83 bits per heavy atom. The molecule has 0 aromatic heterocycles. The van der Waals surface area contributed by atoms with Crippen LogP contribution in [0.25, 0.3) is 5.70 Å². The highest BCUT2D eigenvalue weighted by molar-refractivity contribution is 7.89. The van der Waals surface area contributed by atoms with Crippen molar-refractivity contribution in [2.24, 2.45) is 0 Å². The summed E-state index contributed by atoms with van der Waals surface area (Å²) in [5.41, 5.74) is 5.29. The maximum Gasteiger partial charge on any atom is 0.257 e. The van der Waals surface area contributed by atoms with Gasteiger partial charge in [-0.05, 0) is 49.2 Å². The molecule has 24 heavy (non-hydrogen) atoms. The Kier molecular flexibility index (Phi) is 4.21. The van der Waals surface area contributed by atoms with Gasteiger partial charge in [0.15, 0.2) is 11.5 Å². The van der Waals surface area contributed by atoms with Crippen LogP contribution in [0.1, 0.15) is 16.7 Å². The Labute approximate surface area is 141 Å². The molecule has 0 amide bonds. The summed E-state index contributed by atoms with van der Waals surface area (Å²) in [5, 5.41) is 0. The Morgan fingerprint density at radius 3 is 2.62 bits per heavy atom. The van der Waals surface area contributed by atoms with Gasteiger partial charge >= 0.3 is 0 Å². The standard InChI is InChI=1S/C17H18N2O4S/c1-11-4-5-12(2)17(8-11)24(20,21)19-18-13(3)14-6-7-15-16(9-14)23-10-22-15/h4-9,18-19H,3,10H2,1-2H3. The summed E-state index contributed by atoms with van der Waals surface area (Å²) < 4.78 is 35.5. The van der Waals surface area contributed by atoms with E-state index in [0.29, 0.717) is 28.3 Å². The molecule has 126 valence electrons. The van der Waals surface area contributed by atoms with Crippen molar-refractivity contribution in [2.45, 2.75) is 18.7 Å². The molecular weight excluding hydrogens is 328 g/mol. The molecule has 2 aromatic rings. The van der Waals surface area contributed by atoms with Crippen LogP contribution < -0.4 is 19.7 Å². The smallest absolute Gasteiger partial charge is 0.257 e. The lowest BCUT2D eigenvalue weighted by atomic mass is 10.1. The molecule has 2 N–H and O–H groups in total. The number of benzene rings is 2. The molecule has 0 atom stereocenters.